The molecule has 0 saturated heterocycles. The Hall–Kier alpha value is -0.690. The van der Waals surface area contributed by atoms with E-state index in [0.717, 1.165) is 5.56 Å². The first kappa shape index (κ1) is 14.7. The van der Waals surface area contributed by atoms with Gasteiger partial charge in [-0.2, -0.15) is 0 Å². The number of aliphatic hydroxyl groups excluding tert-OH is 1. The van der Waals surface area contributed by atoms with Crippen molar-refractivity contribution in [2.45, 2.75) is 24.3 Å². The van der Waals surface area contributed by atoms with Crippen LogP contribution in [0.25, 0.3) is 0 Å². The SMILES string of the molecule is Cc1ccc(S(=O)(=O)N[C@@H]2C=C[C@H](CO)C2)c(Br)c1. The zero-order valence-corrected chi connectivity index (χ0v) is 12.9. The maximum Gasteiger partial charge on any atom is 0.242 e. The maximum absolute atomic E-state index is 12.3. The van der Waals surface area contributed by atoms with Gasteiger partial charge in [-0.05, 0) is 47.0 Å². The Bertz CT molecular complexity index is 598. The molecule has 0 aromatic heterocycles. The lowest BCUT2D eigenvalue weighted by atomic mass is 10.1. The minimum atomic E-state index is -3.55. The van der Waals surface area contributed by atoms with Crippen molar-refractivity contribution in [2.24, 2.45) is 5.92 Å². The number of nitrogens with one attached hydrogen (secondary N) is 1. The van der Waals surface area contributed by atoms with Crippen molar-refractivity contribution in [3.63, 3.8) is 0 Å². The van der Waals surface area contributed by atoms with Crippen molar-refractivity contribution in [1.29, 1.82) is 0 Å². The van der Waals surface area contributed by atoms with E-state index < -0.39 is 10.0 Å². The number of sulfonamides is 1. The van der Waals surface area contributed by atoms with E-state index in [0.29, 0.717) is 10.9 Å². The summed E-state index contributed by atoms with van der Waals surface area (Å²) in [5, 5.41) is 9.04. The van der Waals surface area contributed by atoms with Gasteiger partial charge in [-0.1, -0.05) is 18.2 Å². The van der Waals surface area contributed by atoms with Gasteiger partial charge in [0, 0.05) is 23.0 Å². The first-order valence-electron chi connectivity index (χ1n) is 6.00. The van der Waals surface area contributed by atoms with Crippen molar-refractivity contribution in [2.75, 3.05) is 6.61 Å². The van der Waals surface area contributed by atoms with Gasteiger partial charge in [0.25, 0.3) is 0 Å². The average Bonchev–Trinajstić information content (AvgIpc) is 2.75. The molecule has 0 aliphatic heterocycles. The molecule has 1 aromatic rings. The van der Waals surface area contributed by atoms with E-state index in [9.17, 15) is 8.42 Å². The van der Waals surface area contributed by atoms with Crippen LogP contribution in [0.3, 0.4) is 0 Å². The van der Waals surface area contributed by atoms with Crippen LogP contribution in [0.15, 0.2) is 39.7 Å². The Morgan fingerprint density at radius 3 is 2.74 bits per heavy atom. The summed E-state index contributed by atoms with van der Waals surface area (Å²) in [4.78, 5) is 0.235. The lowest BCUT2D eigenvalue weighted by Gasteiger charge is -2.14. The van der Waals surface area contributed by atoms with Gasteiger partial charge < -0.3 is 5.11 Å². The molecule has 1 aliphatic rings. The molecule has 0 amide bonds. The van der Waals surface area contributed by atoms with Crippen LogP contribution in [0.2, 0.25) is 0 Å². The molecule has 0 heterocycles. The molecule has 2 atom stereocenters. The van der Waals surface area contributed by atoms with E-state index in [-0.39, 0.29) is 23.5 Å². The van der Waals surface area contributed by atoms with Crippen LogP contribution in [-0.4, -0.2) is 26.2 Å². The lowest BCUT2D eigenvalue weighted by Crippen LogP contribution is -2.33. The number of aryl methyl sites for hydroxylation is 1. The van der Waals surface area contributed by atoms with Crippen LogP contribution in [0.1, 0.15) is 12.0 Å². The van der Waals surface area contributed by atoms with Gasteiger partial charge in [0.15, 0.2) is 0 Å². The van der Waals surface area contributed by atoms with Crippen LogP contribution in [0.5, 0.6) is 0 Å². The van der Waals surface area contributed by atoms with Gasteiger partial charge in [-0.3, -0.25) is 0 Å². The highest BCUT2D eigenvalue weighted by atomic mass is 79.9. The molecule has 0 spiro atoms. The first-order chi connectivity index (χ1) is 8.92. The Kier molecular flexibility index (Phi) is 4.45. The third-order valence-corrected chi connectivity index (χ3v) is 5.56. The average molecular weight is 346 g/mol. The fourth-order valence-corrected chi connectivity index (χ4v) is 4.48. The summed E-state index contributed by atoms with van der Waals surface area (Å²) in [7, 11) is -3.55. The van der Waals surface area contributed by atoms with Crippen molar-refractivity contribution in [1.82, 2.24) is 4.72 Å². The number of hydrogen-bond acceptors (Lipinski definition) is 3. The summed E-state index contributed by atoms with van der Waals surface area (Å²) < 4.78 is 27.8. The normalized spacial score (nSPS) is 22.9. The van der Waals surface area contributed by atoms with Gasteiger partial charge >= 0.3 is 0 Å². The van der Waals surface area contributed by atoms with Crippen LogP contribution < -0.4 is 4.72 Å². The number of hydrogen-bond donors (Lipinski definition) is 2. The van der Waals surface area contributed by atoms with E-state index in [1.807, 2.05) is 13.0 Å². The summed E-state index contributed by atoms with van der Waals surface area (Å²) >= 11 is 3.28. The predicted molar refractivity (Wildman–Crippen MR) is 77.3 cm³/mol. The van der Waals surface area contributed by atoms with Gasteiger partial charge in [0.05, 0.1) is 4.90 Å². The fourth-order valence-electron chi connectivity index (χ4n) is 2.08. The zero-order chi connectivity index (χ0) is 14.0. The van der Waals surface area contributed by atoms with E-state index in [2.05, 4.69) is 20.7 Å². The highest BCUT2D eigenvalue weighted by molar-refractivity contribution is 9.10. The third-order valence-electron chi connectivity index (χ3n) is 3.09. The molecular formula is C13H16BrNO3S. The third kappa shape index (κ3) is 3.45. The molecule has 1 aromatic carbocycles. The summed E-state index contributed by atoms with van der Waals surface area (Å²) in [6.07, 6.45) is 4.23. The van der Waals surface area contributed by atoms with Crippen molar-refractivity contribution in [3.8, 4) is 0 Å². The zero-order valence-electron chi connectivity index (χ0n) is 10.5. The summed E-state index contributed by atoms with van der Waals surface area (Å²) in [6, 6.07) is 4.87. The molecule has 0 saturated carbocycles. The second-order valence-corrected chi connectivity index (χ2v) is 7.26. The maximum atomic E-state index is 12.3. The monoisotopic (exact) mass is 345 g/mol. The molecule has 1 aliphatic carbocycles. The number of aliphatic hydroxyl groups is 1. The highest BCUT2D eigenvalue weighted by Gasteiger charge is 2.25. The summed E-state index contributed by atoms with van der Waals surface area (Å²) in [5.41, 5.74) is 0.993. The Morgan fingerprint density at radius 2 is 2.16 bits per heavy atom. The summed E-state index contributed by atoms with van der Waals surface area (Å²) in [5.74, 6) is 0.0363. The molecular weight excluding hydrogens is 330 g/mol. The van der Waals surface area contributed by atoms with E-state index in [4.69, 9.17) is 5.11 Å². The van der Waals surface area contributed by atoms with Gasteiger partial charge in [-0.15, -0.1) is 0 Å². The number of rotatable bonds is 4. The Labute approximate surface area is 121 Å². The quantitative estimate of drug-likeness (QED) is 0.820. The Balaban J connectivity index is 2.17. The second kappa shape index (κ2) is 5.75. The molecule has 104 valence electrons. The minimum absolute atomic E-state index is 0.0363. The van der Waals surface area contributed by atoms with Crippen molar-refractivity contribution < 1.29 is 13.5 Å². The summed E-state index contributed by atoms with van der Waals surface area (Å²) in [6.45, 7) is 1.95. The van der Waals surface area contributed by atoms with Gasteiger partial charge in [0.2, 0.25) is 10.0 Å². The molecule has 0 bridgehead atoms. The molecule has 0 radical (unpaired) electrons. The topological polar surface area (TPSA) is 66.4 Å². The van der Waals surface area contributed by atoms with Crippen molar-refractivity contribution >= 4 is 26.0 Å². The van der Waals surface area contributed by atoms with Crippen LogP contribution in [0, 0.1) is 12.8 Å². The molecule has 2 N–H and O–H groups in total. The molecule has 0 fully saturated rings. The first-order valence-corrected chi connectivity index (χ1v) is 8.27. The van der Waals surface area contributed by atoms with E-state index in [1.165, 1.54) is 0 Å². The van der Waals surface area contributed by atoms with Gasteiger partial charge in [-0.25, -0.2) is 13.1 Å². The Morgan fingerprint density at radius 1 is 1.42 bits per heavy atom. The van der Waals surface area contributed by atoms with Crippen LogP contribution in [-0.2, 0) is 10.0 Å². The predicted octanol–water partition coefficient (Wildman–Crippen LogP) is 1.97. The smallest absolute Gasteiger partial charge is 0.242 e. The van der Waals surface area contributed by atoms with E-state index in [1.54, 1.807) is 24.3 Å². The fraction of sp³-hybridized carbons (Fsp3) is 0.385. The standard InChI is InChI=1S/C13H16BrNO3S/c1-9-2-5-13(12(14)6-9)19(17,18)15-11-4-3-10(7-11)8-16/h2-6,10-11,15-16H,7-8H2,1H3/t10-,11+/m0/s1. The molecule has 19 heavy (non-hydrogen) atoms. The largest absolute Gasteiger partial charge is 0.396 e. The molecule has 6 heteroatoms. The molecule has 2 rings (SSSR count). The highest BCUT2D eigenvalue weighted by Crippen LogP contribution is 2.25. The molecule has 0 unspecified atom stereocenters. The van der Waals surface area contributed by atoms with Crippen LogP contribution >= 0.6 is 15.9 Å². The van der Waals surface area contributed by atoms with Gasteiger partial charge in [0.1, 0.15) is 0 Å². The minimum Gasteiger partial charge on any atom is -0.396 e. The number of halogens is 1. The number of benzene rings is 1. The van der Waals surface area contributed by atoms with Crippen LogP contribution in [0.4, 0.5) is 0 Å². The second-order valence-electron chi connectivity index (χ2n) is 4.72. The lowest BCUT2D eigenvalue weighted by molar-refractivity contribution is 0.248. The van der Waals surface area contributed by atoms with Crippen molar-refractivity contribution in [3.05, 3.63) is 40.4 Å². The van der Waals surface area contributed by atoms with E-state index >= 15 is 0 Å². The molecule has 4 nitrogen and oxygen atoms in total.